The van der Waals surface area contributed by atoms with Crippen molar-refractivity contribution in [2.45, 2.75) is 57.8 Å². The Bertz CT molecular complexity index is 611. The molecule has 0 aromatic heterocycles. The first kappa shape index (κ1) is 20.3. The Kier molecular flexibility index (Phi) is 7.87. The van der Waals surface area contributed by atoms with E-state index in [1.54, 1.807) is 0 Å². The average Bonchev–Trinajstić information content (AvgIpc) is 2.46. The van der Waals surface area contributed by atoms with E-state index in [4.69, 9.17) is 10.8 Å². The zero-order chi connectivity index (χ0) is 17.5. The van der Waals surface area contributed by atoms with Gasteiger partial charge in [0.25, 0.3) is 0 Å². The maximum atomic E-state index is 6.53. The number of alkyl halides is 1. The van der Waals surface area contributed by atoms with Crippen LogP contribution in [0.2, 0.25) is 18.1 Å². The molecule has 124 valence electrons. The zero-order valence-electron chi connectivity index (χ0n) is 14.9. The summed E-state index contributed by atoms with van der Waals surface area (Å²) in [5, 5.41) is 0.222. The van der Waals surface area contributed by atoms with Gasteiger partial charge in [-0.1, -0.05) is 73.3 Å². The molecule has 1 rings (SSSR count). The SMILES string of the molecule is C#Cc1ccccc1C#CCC(CCI)O[Si](C)(C)C(C)(C)C. The summed E-state index contributed by atoms with van der Waals surface area (Å²) >= 11 is 2.41. The summed E-state index contributed by atoms with van der Waals surface area (Å²) in [6.07, 6.45) is 7.53. The smallest absolute Gasteiger partial charge is 0.192 e. The molecule has 3 heteroatoms. The summed E-state index contributed by atoms with van der Waals surface area (Å²) in [6, 6.07) is 7.82. The normalized spacial score (nSPS) is 12.9. The van der Waals surface area contributed by atoms with Crippen LogP contribution < -0.4 is 0 Å². The van der Waals surface area contributed by atoms with Gasteiger partial charge in [0.2, 0.25) is 0 Å². The molecule has 0 saturated carbocycles. The molecule has 0 aliphatic carbocycles. The van der Waals surface area contributed by atoms with Gasteiger partial charge in [-0.05, 0) is 36.7 Å². The Morgan fingerprint density at radius 3 is 2.35 bits per heavy atom. The maximum Gasteiger partial charge on any atom is 0.192 e. The second-order valence-corrected chi connectivity index (χ2v) is 13.0. The summed E-state index contributed by atoms with van der Waals surface area (Å²) in [4.78, 5) is 0. The Morgan fingerprint density at radius 2 is 1.83 bits per heavy atom. The molecular weight excluding hydrogens is 411 g/mol. The van der Waals surface area contributed by atoms with Crippen molar-refractivity contribution >= 4 is 30.9 Å². The third-order valence-corrected chi connectivity index (χ3v) is 9.49. The van der Waals surface area contributed by atoms with Crippen LogP contribution in [0.15, 0.2) is 24.3 Å². The minimum atomic E-state index is -1.76. The summed E-state index contributed by atoms with van der Waals surface area (Å²) in [6.45, 7) is 11.4. The zero-order valence-corrected chi connectivity index (χ0v) is 18.0. The number of rotatable bonds is 5. The van der Waals surface area contributed by atoms with Gasteiger partial charge in [-0.15, -0.1) is 6.42 Å². The topological polar surface area (TPSA) is 9.23 Å². The minimum Gasteiger partial charge on any atom is -0.413 e. The van der Waals surface area contributed by atoms with Crippen molar-refractivity contribution in [2.75, 3.05) is 4.43 Å². The van der Waals surface area contributed by atoms with Crippen LogP contribution in [-0.4, -0.2) is 18.8 Å². The third kappa shape index (κ3) is 6.34. The van der Waals surface area contributed by atoms with Crippen LogP contribution in [0.25, 0.3) is 0 Å². The van der Waals surface area contributed by atoms with E-state index < -0.39 is 8.32 Å². The van der Waals surface area contributed by atoms with Crippen LogP contribution in [0.5, 0.6) is 0 Å². The van der Waals surface area contributed by atoms with Crippen molar-refractivity contribution in [2.24, 2.45) is 0 Å². The molecule has 0 bridgehead atoms. The molecule has 1 aromatic rings. The highest BCUT2D eigenvalue weighted by Gasteiger charge is 2.38. The van der Waals surface area contributed by atoms with E-state index in [2.05, 4.69) is 74.2 Å². The molecule has 0 amide bonds. The molecule has 0 heterocycles. The lowest BCUT2D eigenvalue weighted by Crippen LogP contribution is -2.44. The quantitative estimate of drug-likeness (QED) is 0.251. The van der Waals surface area contributed by atoms with E-state index in [9.17, 15) is 0 Å². The van der Waals surface area contributed by atoms with Gasteiger partial charge in [-0.2, -0.15) is 0 Å². The molecule has 1 aromatic carbocycles. The number of terminal acetylenes is 1. The fraction of sp³-hybridized carbons (Fsp3) is 0.500. The molecule has 1 atom stereocenters. The lowest BCUT2D eigenvalue weighted by Gasteiger charge is -2.39. The Balaban J connectivity index is 2.83. The fourth-order valence-corrected chi connectivity index (χ4v) is 3.98. The lowest BCUT2D eigenvalue weighted by atomic mass is 10.1. The highest BCUT2D eigenvalue weighted by Crippen LogP contribution is 2.38. The van der Waals surface area contributed by atoms with Crippen molar-refractivity contribution in [1.29, 1.82) is 0 Å². The molecular formula is C20H27IOSi. The van der Waals surface area contributed by atoms with Crippen molar-refractivity contribution in [1.82, 2.24) is 0 Å². The van der Waals surface area contributed by atoms with Crippen LogP contribution in [0.3, 0.4) is 0 Å². The van der Waals surface area contributed by atoms with E-state index in [0.717, 1.165) is 28.4 Å². The van der Waals surface area contributed by atoms with Crippen LogP contribution >= 0.6 is 22.6 Å². The highest BCUT2D eigenvalue weighted by atomic mass is 127. The van der Waals surface area contributed by atoms with Crippen LogP contribution in [0.1, 0.15) is 44.7 Å². The number of hydrogen-bond acceptors (Lipinski definition) is 1. The van der Waals surface area contributed by atoms with E-state index in [1.807, 2.05) is 24.3 Å². The summed E-state index contributed by atoms with van der Waals surface area (Å²) in [7, 11) is -1.76. The molecule has 0 N–H and O–H groups in total. The molecule has 0 aliphatic rings. The van der Waals surface area contributed by atoms with Gasteiger partial charge in [0.15, 0.2) is 8.32 Å². The van der Waals surface area contributed by atoms with Crippen molar-refractivity contribution < 1.29 is 4.43 Å². The number of benzene rings is 1. The number of hydrogen-bond donors (Lipinski definition) is 0. The molecule has 0 saturated heterocycles. The van der Waals surface area contributed by atoms with Crippen LogP contribution in [0.4, 0.5) is 0 Å². The number of halogens is 1. The maximum absolute atomic E-state index is 6.53. The van der Waals surface area contributed by atoms with Gasteiger partial charge >= 0.3 is 0 Å². The van der Waals surface area contributed by atoms with Crippen LogP contribution in [0, 0.1) is 24.2 Å². The van der Waals surface area contributed by atoms with Crippen molar-refractivity contribution in [3.8, 4) is 24.2 Å². The molecule has 0 fully saturated rings. The van der Waals surface area contributed by atoms with E-state index in [0.29, 0.717) is 0 Å². The molecule has 0 radical (unpaired) electrons. The molecule has 0 aliphatic heterocycles. The van der Waals surface area contributed by atoms with Crippen molar-refractivity contribution in [3.05, 3.63) is 35.4 Å². The summed E-state index contributed by atoms with van der Waals surface area (Å²) in [5.74, 6) is 9.19. The average molecular weight is 438 g/mol. The standard InChI is InChI=1S/C20H27IOSi/c1-7-17-11-8-9-12-18(17)13-10-14-19(15-16-21)22-23(5,6)20(2,3)4/h1,8-9,11-12,19H,14-16H2,2-6H3. The second-order valence-electron chi connectivity index (χ2n) is 7.17. The Morgan fingerprint density at radius 1 is 1.22 bits per heavy atom. The second kappa shape index (κ2) is 8.92. The molecule has 0 spiro atoms. The highest BCUT2D eigenvalue weighted by molar-refractivity contribution is 14.1. The predicted molar refractivity (Wildman–Crippen MR) is 111 cm³/mol. The summed E-state index contributed by atoms with van der Waals surface area (Å²) in [5.41, 5.74) is 1.78. The van der Waals surface area contributed by atoms with E-state index >= 15 is 0 Å². The first-order chi connectivity index (χ1) is 10.7. The third-order valence-electron chi connectivity index (χ3n) is 4.33. The first-order valence-electron chi connectivity index (χ1n) is 7.99. The molecule has 23 heavy (non-hydrogen) atoms. The van der Waals surface area contributed by atoms with Gasteiger partial charge in [0, 0.05) is 22.0 Å². The molecule has 1 unspecified atom stereocenters. The molecule has 1 nitrogen and oxygen atoms in total. The Labute approximate surface area is 156 Å². The van der Waals surface area contributed by atoms with Gasteiger partial charge in [0.05, 0.1) is 6.10 Å². The van der Waals surface area contributed by atoms with Gasteiger partial charge < -0.3 is 4.43 Å². The lowest BCUT2D eigenvalue weighted by molar-refractivity contribution is 0.183. The monoisotopic (exact) mass is 438 g/mol. The fourth-order valence-electron chi connectivity index (χ4n) is 1.90. The largest absolute Gasteiger partial charge is 0.413 e. The first-order valence-corrected chi connectivity index (χ1v) is 12.4. The predicted octanol–water partition coefficient (Wildman–Crippen LogP) is 5.63. The van der Waals surface area contributed by atoms with Crippen LogP contribution in [-0.2, 0) is 4.43 Å². The van der Waals surface area contributed by atoms with Crippen molar-refractivity contribution in [3.63, 3.8) is 0 Å². The summed E-state index contributed by atoms with van der Waals surface area (Å²) < 4.78 is 7.61. The van der Waals surface area contributed by atoms with E-state index in [1.165, 1.54) is 0 Å². The van der Waals surface area contributed by atoms with Gasteiger partial charge in [-0.25, -0.2) is 0 Å². The van der Waals surface area contributed by atoms with Gasteiger partial charge in [-0.3, -0.25) is 0 Å². The van der Waals surface area contributed by atoms with E-state index in [-0.39, 0.29) is 11.1 Å². The minimum absolute atomic E-state index is 0.207. The van der Waals surface area contributed by atoms with Gasteiger partial charge in [0.1, 0.15) is 0 Å². The Hall–Kier alpha value is -0.753.